The summed E-state index contributed by atoms with van der Waals surface area (Å²) in [5, 5.41) is 3.66. The van der Waals surface area contributed by atoms with Crippen LogP contribution in [-0.2, 0) is 6.54 Å². The molecule has 0 aliphatic carbocycles. The van der Waals surface area contributed by atoms with Gasteiger partial charge >= 0.3 is 0 Å². The van der Waals surface area contributed by atoms with Gasteiger partial charge in [0.25, 0.3) is 0 Å². The quantitative estimate of drug-likeness (QED) is 0.854. The molecule has 2 aliphatic heterocycles. The van der Waals surface area contributed by atoms with Gasteiger partial charge in [-0.3, -0.25) is 4.90 Å². The van der Waals surface area contributed by atoms with Crippen molar-refractivity contribution >= 4 is 31.9 Å². The Morgan fingerprint density at radius 3 is 2.89 bits per heavy atom. The fourth-order valence-corrected chi connectivity index (χ4v) is 3.83. The first-order valence-corrected chi connectivity index (χ1v) is 8.20. The van der Waals surface area contributed by atoms with Gasteiger partial charge < -0.3 is 5.32 Å². The second-order valence-corrected chi connectivity index (χ2v) is 7.11. The highest BCUT2D eigenvalue weighted by Gasteiger charge is 2.33. The van der Waals surface area contributed by atoms with Gasteiger partial charge in [-0.15, -0.1) is 0 Å². The number of fused-ring (bicyclic) bond motifs is 1. The van der Waals surface area contributed by atoms with Crippen LogP contribution in [0, 0.1) is 5.92 Å². The predicted octanol–water partition coefficient (Wildman–Crippen LogP) is 3.40. The molecule has 2 fully saturated rings. The van der Waals surface area contributed by atoms with E-state index >= 15 is 0 Å². The minimum Gasteiger partial charge on any atom is -0.312 e. The van der Waals surface area contributed by atoms with Gasteiger partial charge in [-0.25, -0.2) is 0 Å². The molecule has 0 radical (unpaired) electrons. The molecule has 0 amide bonds. The van der Waals surface area contributed by atoms with E-state index in [4.69, 9.17) is 0 Å². The largest absolute Gasteiger partial charge is 0.312 e. The second-order valence-electron chi connectivity index (χ2n) is 5.41. The summed E-state index contributed by atoms with van der Waals surface area (Å²) in [5.74, 6) is 0.873. The Hall–Kier alpha value is 0.1000. The van der Waals surface area contributed by atoms with E-state index in [2.05, 4.69) is 60.3 Å². The fourth-order valence-electron chi connectivity index (χ4n) is 3.16. The summed E-state index contributed by atoms with van der Waals surface area (Å²) in [6, 6.07) is 7.29. The van der Waals surface area contributed by atoms with E-state index < -0.39 is 0 Å². The Labute approximate surface area is 125 Å². The lowest BCUT2D eigenvalue weighted by molar-refractivity contribution is 0.312. The van der Waals surface area contributed by atoms with E-state index in [0.29, 0.717) is 0 Å². The van der Waals surface area contributed by atoms with Crippen LogP contribution in [0.1, 0.15) is 18.4 Å². The molecule has 2 aliphatic rings. The number of rotatable bonds is 2. The Balaban J connectivity index is 1.64. The molecule has 2 saturated heterocycles. The van der Waals surface area contributed by atoms with Gasteiger partial charge in [-0.1, -0.05) is 6.07 Å². The molecule has 18 heavy (non-hydrogen) atoms. The normalized spacial score (nSPS) is 28.3. The molecular formula is C14H18Br2N2. The van der Waals surface area contributed by atoms with Gasteiger partial charge in [0.05, 0.1) is 0 Å². The molecular weight excluding hydrogens is 356 g/mol. The van der Waals surface area contributed by atoms with Crippen LogP contribution in [0.3, 0.4) is 0 Å². The number of piperidine rings is 1. The number of benzene rings is 1. The van der Waals surface area contributed by atoms with Crippen molar-refractivity contribution in [2.45, 2.75) is 25.4 Å². The van der Waals surface area contributed by atoms with Crippen molar-refractivity contribution in [2.24, 2.45) is 5.92 Å². The molecule has 2 atom stereocenters. The molecule has 2 nitrogen and oxygen atoms in total. The maximum Gasteiger partial charge on any atom is 0.0320 e. The number of nitrogens with zero attached hydrogens (tertiary/aromatic N) is 1. The summed E-state index contributed by atoms with van der Waals surface area (Å²) in [7, 11) is 0. The van der Waals surface area contributed by atoms with E-state index in [1.165, 1.54) is 38.0 Å². The summed E-state index contributed by atoms with van der Waals surface area (Å²) in [5.41, 5.74) is 1.39. The molecule has 0 saturated carbocycles. The maximum atomic E-state index is 3.66. The van der Waals surface area contributed by atoms with Crippen LogP contribution < -0.4 is 5.32 Å². The Morgan fingerprint density at radius 1 is 1.22 bits per heavy atom. The average molecular weight is 374 g/mol. The van der Waals surface area contributed by atoms with Gasteiger partial charge in [0.15, 0.2) is 0 Å². The summed E-state index contributed by atoms with van der Waals surface area (Å²) in [4.78, 5) is 2.59. The molecule has 0 aromatic heterocycles. The number of likely N-dealkylation sites (tertiary alicyclic amines) is 1. The zero-order chi connectivity index (χ0) is 12.5. The lowest BCUT2D eigenvalue weighted by Gasteiger charge is -2.24. The maximum absolute atomic E-state index is 3.66. The van der Waals surface area contributed by atoms with Crippen LogP contribution in [0.25, 0.3) is 0 Å². The van der Waals surface area contributed by atoms with Crippen molar-refractivity contribution in [1.82, 2.24) is 10.2 Å². The van der Waals surface area contributed by atoms with Crippen LogP contribution in [0.5, 0.6) is 0 Å². The van der Waals surface area contributed by atoms with E-state index in [1.807, 2.05) is 0 Å². The van der Waals surface area contributed by atoms with E-state index in [0.717, 1.165) is 27.4 Å². The first-order chi connectivity index (χ1) is 8.72. The average Bonchev–Trinajstić information content (AvgIpc) is 2.76. The smallest absolute Gasteiger partial charge is 0.0320 e. The zero-order valence-electron chi connectivity index (χ0n) is 10.3. The Bertz CT molecular complexity index is 422. The zero-order valence-corrected chi connectivity index (χ0v) is 13.5. The molecule has 1 N–H and O–H groups in total. The van der Waals surface area contributed by atoms with Crippen molar-refractivity contribution in [3.8, 4) is 0 Å². The molecule has 0 bridgehead atoms. The van der Waals surface area contributed by atoms with Gasteiger partial charge in [0.2, 0.25) is 0 Å². The highest BCUT2D eigenvalue weighted by Crippen LogP contribution is 2.28. The van der Waals surface area contributed by atoms with Crippen molar-refractivity contribution < 1.29 is 0 Å². The molecule has 2 heterocycles. The first kappa shape index (κ1) is 13.1. The Kier molecular flexibility index (Phi) is 4.09. The summed E-state index contributed by atoms with van der Waals surface area (Å²) < 4.78 is 2.28. The Morgan fingerprint density at radius 2 is 2.11 bits per heavy atom. The number of halogens is 2. The third-order valence-corrected chi connectivity index (χ3v) is 5.94. The van der Waals surface area contributed by atoms with Crippen molar-refractivity contribution in [3.05, 3.63) is 32.7 Å². The van der Waals surface area contributed by atoms with E-state index in [1.54, 1.807) is 0 Å². The molecule has 0 unspecified atom stereocenters. The third kappa shape index (κ3) is 2.82. The monoisotopic (exact) mass is 372 g/mol. The summed E-state index contributed by atoms with van der Waals surface area (Å²) in [6.07, 6.45) is 2.75. The molecule has 98 valence electrons. The summed E-state index contributed by atoms with van der Waals surface area (Å²) >= 11 is 7.10. The minimum absolute atomic E-state index is 0.734. The number of nitrogens with one attached hydrogen (secondary N) is 1. The molecule has 4 heteroatoms. The molecule has 0 spiro atoms. The van der Waals surface area contributed by atoms with Crippen molar-refractivity contribution in [2.75, 3.05) is 19.6 Å². The van der Waals surface area contributed by atoms with Crippen LogP contribution in [0.15, 0.2) is 27.1 Å². The number of hydrogen-bond acceptors (Lipinski definition) is 2. The van der Waals surface area contributed by atoms with Gasteiger partial charge in [0, 0.05) is 34.6 Å². The second kappa shape index (κ2) is 5.61. The lowest BCUT2D eigenvalue weighted by Crippen LogP contribution is -2.40. The minimum atomic E-state index is 0.734. The lowest BCUT2D eigenvalue weighted by atomic mass is 9.94. The van der Waals surface area contributed by atoms with Crippen LogP contribution in [0.4, 0.5) is 0 Å². The molecule has 1 aromatic carbocycles. The van der Waals surface area contributed by atoms with Crippen molar-refractivity contribution in [3.63, 3.8) is 0 Å². The van der Waals surface area contributed by atoms with Crippen LogP contribution in [-0.4, -0.2) is 30.6 Å². The fraction of sp³-hybridized carbons (Fsp3) is 0.571. The van der Waals surface area contributed by atoms with Gasteiger partial charge in [-0.05, 0) is 74.9 Å². The SMILES string of the molecule is Brc1ccc(CN2C[C@@H]3CCCN[C@@H]3C2)cc1Br. The highest BCUT2D eigenvalue weighted by atomic mass is 79.9. The van der Waals surface area contributed by atoms with Crippen molar-refractivity contribution in [1.29, 1.82) is 0 Å². The van der Waals surface area contributed by atoms with Gasteiger partial charge in [-0.2, -0.15) is 0 Å². The van der Waals surface area contributed by atoms with Crippen LogP contribution >= 0.6 is 31.9 Å². The summed E-state index contributed by atoms with van der Waals surface area (Å²) in [6.45, 7) is 4.74. The van der Waals surface area contributed by atoms with E-state index in [-0.39, 0.29) is 0 Å². The topological polar surface area (TPSA) is 15.3 Å². The molecule has 3 rings (SSSR count). The first-order valence-electron chi connectivity index (χ1n) is 6.62. The predicted molar refractivity (Wildman–Crippen MR) is 81.6 cm³/mol. The standard InChI is InChI=1S/C14H18Br2N2/c15-12-4-3-10(6-13(12)16)7-18-8-11-2-1-5-17-14(11)9-18/h3-4,6,11,14,17H,1-2,5,7-9H2/t11-,14+/m0/s1. The number of hydrogen-bond donors (Lipinski definition) is 1. The molecule has 1 aromatic rings. The van der Waals surface area contributed by atoms with Crippen LogP contribution in [0.2, 0.25) is 0 Å². The van der Waals surface area contributed by atoms with E-state index in [9.17, 15) is 0 Å². The third-order valence-electron chi connectivity index (χ3n) is 4.07. The van der Waals surface area contributed by atoms with Gasteiger partial charge in [0.1, 0.15) is 0 Å². The highest BCUT2D eigenvalue weighted by molar-refractivity contribution is 9.13.